The van der Waals surface area contributed by atoms with Crippen molar-refractivity contribution in [2.24, 2.45) is 4.99 Å². The molecule has 0 saturated carbocycles. The van der Waals surface area contributed by atoms with Crippen LogP contribution in [0.2, 0.25) is 0 Å². The van der Waals surface area contributed by atoms with E-state index in [9.17, 15) is 0 Å². The average molecular weight is 367 g/mol. The first kappa shape index (κ1) is 19.2. The molecule has 5 heteroatoms. The lowest BCUT2D eigenvalue weighted by Gasteiger charge is -2.22. The van der Waals surface area contributed by atoms with Gasteiger partial charge in [-0.1, -0.05) is 48.0 Å². The molecule has 0 amide bonds. The second-order valence-corrected chi connectivity index (χ2v) is 7.00. The number of rotatable bonds is 6. The maximum absolute atomic E-state index is 5.63. The molecule has 2 N–H and O–H groups in total. The van der Waals surface area contributed by atoms with Crippen LogP contribution in [0.1, 0.15) is 23.7 Å². The SMILES string of the molecule is CN=C(NCC(OC)c1ccccc1)NC1CCN(c2ccc(C)cc2)C1. The van der Waals surface area contributed by atoms with Gasteiger partial charge in [-0.2, -0.15) is 0 Å². The maximum Gasteiger partial charge on any atom is 0.191 e. The molecule has 2 atom stereocenters. The number of aryl methyl sites for hydroxylation is 1. The van der Waals surface area contributed by atoms with Crippen molar-refractivity contribution in [1.82, 2.24) is 10.6 Å². The van der Waals surface area contributed by atoms with Gasteiger partial charge in [0.25, 0.3) is 0 Å². The van der Waals surface area contributed by atoms with Crippen molar-refractivity contribution in [3.8, 4) is 0 Å². The molecule has 1 saturated heterocycles. The first-order chi connectivity index (χ1) is 13.2. The van der Waals surface area contributed by atoms with Gasteiger partial charge in [0.2, 0.25) is 0 Å². The van der Waals surface area contributed by atoms with Crippen molar-refractivity contribution in [1.29, 1.82) is 0 Å². The third-order valence-electron chi connectivity index (χ3n) is 5.06. The summed E-state index contributed by atoms with van der Waals surface area (Å²) in [5.41, 5.74) is 3.74. The molecule has 1 fully saturated rings. The predicted octanol–water partition coefficient (Wildman–Crippen LogP) is 3.13. The normalized spacial score (nSPS) is 18.4. The molecule has 1 aliphatic heterocycles. The van der Waals surface area contributed by atoms with Gasteiger partial charge in [0, 0.05) is 45.5 Å². The van der Waals surface area contributed by atoms with Crippen LogP contribution < -0.4 is 15.5 Å². The summed E-state index contributed by atoms with van der Waals surface area (Å²) in [4.78, 5) is 6.80. The van der Waals surface area contributed by atoms with Crippen molar-refractivity contribution < 1.29 is 4.74 Å². The van der Waals surface area contributed by atoms with Crippen LogP contribution in [0.25, 0.3) is 0 Å². The minimum absolute atomic E-state index is 0.00242. The van der Waals surface area contributed by atoms with Crippen LogP contribution in [0.5, 0.6) is 0 Å². The lowest BCUT2D eigenvalue weighted by atomic mass is 10.1. The van der Waals surface area contributed by atoms with E-state index in [-0.39, 0.29) is 6.10 Å². The lowest BCUT2D eigenvalue weighted by molar-refractivity contribution is 0.106. The Bertz CT molecular complexity index is 730. The molecule has 1 aliphatic rings. The lowest BCUT2D eigenvalue weighted by Crippen LogP contribution is -2.45. The Morgan fingerprint density at radius 1 is 1.19 bits per heavy atom. The molecule has 0 aromatic heterocycles. The Hall–Kier alpha value is -2.53. The van der Waals surface area contributed by atoms with E-state index in [2.05, 4.69) is 63.8 Å². The van der Waals surface area contributed by atoms with Gasteiger partial charge in [-0.25, -0.2) is 0 Å². The molecule has 0 bridgehead atoms. The van der Waals surface area contributed by atoms with E-state index in [0.29, 0.717) is 12.6 Å². The smallest absolute Gasteiger partial charge is 0.191 e. The molecule has 2 unspecified atom stereocenters. The fraction of sp³-hybridized carbons (Fsp3) is 0.409. The summed E-state index contributed by atoms with van der Waals surface area (Å²) in [5, 5.41) is 6.95. The summed E-state index contributed by atoms with van der Waals surface area (Å²) in [6.45, 7) is 4.84. The fourth-order valence-corrected chi connectivity index (χ4v) is 3.45. The Labute approximate surface area is 162 Å². The molecule has 0 aliphatic carbocycles. The Morgan fingerprint density at radius 3 is 2.59 bits per heavy atom. The summed E-state index contributed by atoms with van der Waals surface area (Å²) in [5.74, 6) is 0.823. The average Bonchev–Trinajstić information content (AvgIpc) is 3.17. The van der Waals surface area contributed by atoms with Crippen LogP contribution in [0, 0.1) is 6.92 Å². The number of hydrogen-bond donors (Lipinski definition) is 2. The van der Waals surface area contributed by atoms with Gasteiger partial charge in [0.15, 0.2) is 5.96 Å². The largest absolute Gasteiger partial charge is 0.375 e. The van der Waals surface area contributed by atoms with Gasteiger partial charge in [-0.15, -0.1) is 0 Å². The van der Waals surface area contributed by atoms with Crippen LogP contribution in [0.15, 0.2) is 59.6 Å². The number of aliphatic imine (C=N–C) groups is 1. The molecule has 5 nitrogen and oxygen atoms in total. The second-order valence-electron chi connectivity index (χ2n) is 7.00. The molecule has 2 aromatic rings. The molecular formula is C22H30N4O. The van der Waals surface area contributed by atoms with Gasteiger partial charge >= 0.3 is 0 Å². The molecule has 2 aromatic carbocycles. The molecule has 1 heterocycles. The molecule has 3 rings (SSSR count). The van der Waals surface area contributed by atoms with Gasteiger partial charge in [0.05, 0.1) is 6.10 Å². The highest BCUT2D eigenvalue weighted by Gasteiger charge is 2.23. The van der Waals surface area contributed by atoms with E-state index in [1.807, 2.05) is 25.2 Å². The number of nitrogens with zero attached hydrogens (tertiary/aromatic N) is 2. The molecule has 27 heavy (non-hydrogen) atoms. The van der Waals surface area contributed by atoms with Gasteiger partial charge in [-0.05, 0) is 31.0 Å². The van der Waals surface area contributed by atoms with Gasteiger partial charge < -0.3 is 20.3 Å². The van der Waals surface area contributed by atoms with Crippen LogP contribution in [-0.4, -0.2) is 45.8 Å². The fourth-order valence-electron chi connectivity index (χ4n) is 3.45. The van der Waals surface area contributed by atoms with Gasteiger partial charge in [-0.3, -0.25) is 4.99 Å². The molecule has 144 valence electrons. The number of methoxy groups -OCH3 is 1. The van der Waals surface area contributed by atoms with Crippen molar-refractivity contribution in [2.75, 3.05) is 38.7 Å². The minimum atomic E-state index is -0.00242. The summed E-state index contributed by atoms with van der Waals surface area (Å²) in [6.07, 6.45) is 1.10. The van der Waals surface area contributed by atoms with E-state index in [4.69, 9.17) is 4.74 Å². The van der Waals surface area contributed by atoms with Crippen LogP contribution in [-0.2, 0) is 4.74 Å². The first-order valence-corrected chi connectivity index (χ1v) is 9.56. The summed E-state index contributed by atoms with van der Waals surface area (Å²) >= 11 is 0. The topological polar surface area (TPSA) is 48.9 Å². The summed E-state index contributed by atoms with van der Waals surface area (Å²) in [7, 11) is 3.55. The highest BCUT2D eigenvalue weighted by molar-refractivity contribution is 5.80. The third kappa shape index (κ3) is 5.23. The highest BCUT2D eigenvalue weighted by atomic mass is 16.5. The second kappa shape index (κ2) is 9.42. The molecule has 0 spiro atoms. The van der Waals surface area contributed by atoms with Crippen LogP contribution in [0.3, 0.4) is 0 Å². The number of benzene rings is 2. The number of hydrogen-bond acceptors (Lipinski definition) is 3. The standard InChI is InChI=1S/C22H30N4O/c1-17-9-11-20(12-10-17)26-14-13-19(16-26)25-22(23-2)24-15-21(27-3)18-7-5-4-6-8-18/h4-12,19,21H,13-16H2,1-3H3,(H2,23,24,25). The van der Waals surface area contributed by atoms with Crippen molar-refractivity contribution in [3.05, 3.63) is 65.7 Å². The van der Waals surface area contributed by atoms with Crippen LogP contribution in [0.4, 0.5) is 5.69 Å². The zero-order valence-corrected chi connectivity index (χ0v) is 16.5. The monoisotopic (exact) mass is 366 g/mol. The maximum atomic E-state index is 5.63. The zero-order valence-electron chi connectivity index (χ0n) is 16.5. The molecular weight excluding hydrogens is 336 g/mol. The van der Waals surface area contributed by atoms with Gasteiger partial charge in [0.1, 0.15) is 0 Å². The first-order valence-electron chi connectivity index (χ1n) is 9.56. The zero-order chi connectivity index (χ0) is 19.1. The minimum Gasteiger partial charge on any atom is -0.375 e. The number of anilines is 1. The van der Waals surface area contributed by atoms with E-state index < -0.39 is 0 Å². The van der Waals surface area contributed by atoms with E-state index in [1.165, 1.54) is 11.3 Å². The van der Waals surface area contributed by atoms with Crippen molar-refractivity contribution in [3.63, 3.8) is 0 Å². The summed E-state index contributed by atoms with van der Waals surface area (Å²) in [6, 6.07) is 19.4. The predicted molar refractivity (Wildman–Crippen MR) is 112 cm³/mol. The van der Waals surface area contributed by atoms with Crippen LogP contribution >= 0.6 is 0 Å². The van der Waals surface area contributed by atoms with E-state index in [0.717, 1.165) is 31.0 Å². The Kier molecular flexibility index (Phi) is 6.71. The number of ether oxygens (including phenoxy) is 1. The van der Waals surface area contributed by atoms with Crippen molar-refractivity contribution >= 4 is 11.6 Å². The highest BCUT2D eigenvalue weighted by Crippen LogP contribution is 2.21. The third-order valence-corrected chi connectivity index (χ3v) is 5.06. The summed E-state index contributed by atoms with van der Waals surface area (Å²) < 4.78 is 5.63. The molecule has 0 radical (unpaired) electrons. The van der Waals surface area contributed by atoms with Crippen molar-refractivity contribution in [2.45, 2.75) is 25.5 Å². The van der Waals surface area contributed by atoms with E-state index >= 15 is 0 Å². The Balaban J connectivity index is 1.51. The number of nitrogens with one attached hydrogen (secondary N) is 2. The quantitative estimate of drug-likeness (QED) is 0.609. The van der Waals surface area contributed by atoms with E-state index in [1.54, 1.807) is 7.11 Å². The Morgan fingerprint density at radius 2 is 1.93 bits per heavy atom. The number of guanidine groups is 1.